The molecule has 0 amide bonds. The molecule has 1 N–H and O–H groups in total. The van der Waals surface area contributed by atoms with Crippen LogP contribution in [0.25, 0.3) is 0 Å². The Bertz CT molecular complexity index is 959. The number of hydrogen-bond acceptors (Lipinski definition) is 4. The van der Waals surface area contributed by atoms with Crippen LogP contribution >= 0.6 is 0 Å². The minimum atomic E-state index is -0.953. The summed E-state index contributed by atoms with van der Waals surface area (Å²) >= 11 is 0. The fourth-order valence-corrected chi connectivity index (χ4v) is 3.80. The third-order valence-electron chi connectivity index (χ3n) is 5.35. The molecule has 2 aromatic carbocycles. The molecule has 1 aliphatic heterocycles. The fraction of sp³-hybridized carbons (Fsp3) is 0.261. The van der Waals surface area contributed by atoms with Gasteiger partial charge in [-0.1, -0.05) is 36.4 Å². The molecule has 0 radical (unpaired) electrons. The van der Waals surface area contributed by atoms with Gasteiger partial charge in [-0.05, 0) is 18.2 Å². The molecule has 1 atom stereocenters. The van der Waals surface area contributed by atoms with Gasteiger partial charge in [0.15, 0.2) is 0 Å². The van der Waals surface area contributed by atoms with Crippen LogP contribution in [0, 0.1) is 11.6 Å². The van der Waals surface area contributed by atoms with Crippen LogP contribution in [0.3, 0.4) is 0 Å². The van der Waals surface area contributed by atoms with Crippen molar-refractivity contribution < 1.29 is 13.9 Å². The van der Waals surface area contributed by atoms with Crippen molar-refractivity contribution >= 4 is 5.69 Å². The topological polar surface area (TPSA) is 39.6 Å². The lowest BCUT2D eigenvalue weighted by Gasteiger charge is -2.37. The van der Waals surface area contributed by atoms with Crippen LogP contribution < -0.4 is 4.90 Å². The molecule has 150 valence electrons. The Kier molecular flexibility index (Phi) is 5.83. The lowest BCUT2D eigenvalue weighted by atomic mass is 9.99. The summed E-state index contributed by atoms with van der Waals surface area (Å²) in [5, 5.41) is 10.8. The predicted octanol–water partition coefficient (Wildman–Crippen LogP) is 3.76. The lowest BCUT2D eigenvalue weighted by Crippen LogP contribution is -2.46. The number of halogens is 2. The van der Waals surface area contributed by atoms with E-state index in [0.717, 1.165) is 0 Å². The second kappa shape index (κ2) is 8.68. The maximum absolute atomic E-state index is 14.8. The van der Waals surface area contributed by atoms with Crippen LogP contribution in [0.4, 0.5) is 14.5 Å². The second-order valence-corrected chi connectivity index (χ2v) is 7.22. The molecular formula is C23H23F2N3O. The molecule has 0 aliphatic carbocycles. The molecule has 0 bridgehead atoms. The van der Waals surface area contributed by atoms with Gasteiger partial charge in [-0.15, -0.1) is 0 Å². The highest BCUT2D eigenvalue weighted by Crippen LogP contribution is 2.33. The predicted molar refractivity (Wildman–Crippen MR) is 109 cm³/mol. The van der Waals surface area contributed by atoms with E-state index in [9.17, 15) is 13.9 Å². The number of piperazine rings is 1. The molecule has 0 saturated carbocycles. The SMILES string of the molecule is OC(c1cccnc1)c1cccc(F)c1N1CCN(Cc2ccccc2F)CC1. The smallest absolute Gasteiger partial charge is 0.146 e. The van der Waals surface area contributed by atoms with Crippen molar-refractivity contribution in [2.24, 2.45) is 0 Å². The molecule has 1 saturated heterocycles. The van der Waals surface area contributed by atoms with Gasteiger partial charge in [-0.3, -0.25) is 9.88 Å². The number of benzene rings is 2. The Morgan fingerprint density at radius 2 is 1.66 bits per heavy atom. The number of aliphatic hydroxyl groups excluding tert-OH is 1. The number of rotatable bonds is 5. The Labute approximate surface area is 169 Å². The zero-order valence-corrected chi connectivity index (χ0v) is 16.0. The van der Waals surface area contributed by atoms with E-state index in [-0.39, 0.29) is 11.6 Å². The third kappa shape index (κ3) is 4.28. The molecule has 4 nitrogen and oxygen atoms in total. The van der Waals surface area contributed by atoms with E-state index in [1.165, 1.54) is 12.1 Å². The average Bonchev–Trinajstić information content (AvgIpc) is 2.76. The van der Waals surface area contributed by atoms with Crippen LogP contribution in [0.5, 0.6) is 0 Å². The van der Waals surface area contributed by atoms with Crippen molar-refractivity contribution in [2.45, 2.75) is 12.6 Å². The summed E-state index contributed by atoms with van der Waals surface area (Å²) in [5.74, 6) is -0.557. The summed E-state index contributed by atoms with van der Waals surface area (Å²) < 4.78 is 28.7. The summed E-state index contributed by atoms with van der Waals surface area (Å²) in [6.07, 6.45) is 2.27. The number of pyridine rings is 1. The lowest BCUT2D eigenvalue weighted by molar-refractivity contribution is 0.217. The zero-order chi connectivity index (χ0) is 20.2. The number of aliphatic hydroxyl groups is 1. The van der Waals surface area contributed by atoms with Crippen molar-refractivity contribution in [3.8, 4) is 0 Å². The van der Waals surface area contributed by atoms with Gasteiger partial charge < -0.3 is 10.0 Å². The third-order valence-corrected chi connectivity index (χ3v) is 5.35. The monoisotopic (exact) mass is 395 g/mol. The van der Waals surface area contributed by atoms with Crippen molar-refractivity contribution in [3.63, 3.8) is 0 Å². The van der Waals surface area contributed by atoms with Gasteiger partial charge in [0.25, 0.3) is 0 Å². The van der Waals surface area contributed by atoms with Crippen LogP contribution in [0.15, 0.2) is 67.0 Å². The number of aromatic nitrogens is 1. The summed E-state index contributed by atoms with van der Waals surface area (Å²) in [5.41, 5.74) is 2.24. The van der Waals surface area contributed by atoms with Gasteiger partial charge in [-0.25, -0.2) is 8.78 Å². The van der Waals surface area contributed by atoms with E-state index in [0.29, 0.717) is 55.1 Å². The van der Waals surface area contributed by atoms with Crippen LogP contribution in [0.1, 0.15) is 22.8 Å². The first-order chi connectivity index (χ1) is 14.1. The van der Waals surface area contributed by atoms with Gasteiger partial charge in [0, 0.05) is 61.8 Å². The summed E-state index contributed by atoms with van der Waals surface area (Å²) in [6, 6.07) is 15.1. The van der Waals surface area contributed by atoms with Crippen LogP contribution in [-0.4, -0.2) is 41.2 Å². The Morgan fingerprint density at radius 3 is 2.38 bits per heavy atom. The fourth-order valence-electron chi connectivity index (χ4n) is 3.80. The normalized spacial score (nSPS) is 16.0. The maximum atomic E-state index is 14.8. The van der Waals surface area contributed by atoms with Crippen molar-refractivity contribution in [1.82, 2.24) is 9.88 Å². The first-order valence-electron chi connectivity index (χ1n) is 9.70. The molecular weight excluding hydrogens is 372 g/mol. The average molecular weight is 395 g/mol. The van der Waals surface area contributed by atoms with E-state index in [1.807, 2.05) is 11.0 Å². The van der Waals surface area contributed by atoms with Crippen molar-refractivity contribution in [3.05, 3.63) is 95.3 Å². The summed E-state index contributed by atoms with van der Waals surface area (Å²) in [7, 11) is 0. The van der Waals surface area contributed by atoms with E-state index < -0.39 is 6.10 Å². The molecule has 1 fully saturated rings. The van der Waals surface area contributed by atoms with E-state index in [4.69, 9.17) is 0 Å². The maximum Gasteiger partial charge on any atom is 0.146 e. The highest BCUT2D eigenvalue weighted by Gasteiger charge is 2.25. The quantitative estimate of drug-likeness (QED) is 0.714. The molecule has 1 unspecified atom stereocenters. The number of anilines is 1. The highest BCUT2D eigenvalue weighted by atomic mass is 19.1. The molecule has 6 heteroatoms. The number of hydrogen-bond donors (Lipinski definition) is 1. The Hall–Kier alpha value is -2.83. The van der Waals surface area contributed by atoms with Gasteiger partial charge >= 0.3 is 0 Å². The second-order valence-electron chi connectivity index (χ2n) is 7.22. The Morgan fingerprint density at radius 1 is 0.897 bits per heavy atom. The largest absolute Gasteiger partial charge is 0.384 e. The van der Waals surface area contributed by atoms with Crippen LogP contribution in [0.2, 0.25) is 0 Å². The molecule has 2 heterocycles. The minimum absolute atomic E-state index is 0.203. The van der Waals surface area contributed by atoms with Gasteiger partial charge in [0.05, 0.1) is 5.69 Å². The van der Waals surface area contributed by atoms with E-state index >= 15 is 0 Å². The zero-order valence-electron chi connectivity index (χ0n) is 16.0. The minimum Gasteiger partial charge on any atom is -0.384 e. The van der Waals surface area contributed by atoms with Crippen LogP contribution in [-0.2, 0) is 6.54 Å². The first kappa shape index (κ1) is 19.5. The standard InChI is InChI=1S/C23H23F2N3O/c24-20-8-2-1-5-18(20)16-27-11-13-28(14-12-27)22-19(7-3-9-21(22)25)23(29)17-6-4-10-26-15-17/h1-10,15,23,29H,11-14,16H2. The molecule has 3 aromatic rings. The molecule has 1 aromatic heterocycles. The van der Waals surface area contributed by atoms with Gasteiger partial charge in [-0.2, -0.15) is 0 Å². The number of nitrogens with zero attached hydrogens (tertiary/aromatic N) is 3. The summed E-state index contributed by atoms with van der Waals surface area (Å²) in [6.45, 7) is 3.10. The Balaban J connectivity index is 1.51. The van der Waals surface area contributed by atoms with Gasteiger partial charge in [0.2, 0.25) is 0 Å². The molecule has 4 rings (SSSR count). The van der Waals surface area contributed by atoms with E-state index in [2.05, 4.69) is 9.88 Å². The van der Waals surface area contributed by atoms with Crippen molar-refractivity contribution in [2.75, 3.05) is 31.1 Å². The van der Waals surface area contributed by atoms with Gasteiger partial charge in [0.1, 0.15) is 17.7 Å². The highest BCUT2D eigenvalue weighted by molar-refractivity contribution is 5.58. The van der Waals surface area contributed by atoms with E-state index in [1.54, 1.807) is 48.8 Å². The summed E-state index contributed by atoms with van der Waals surface area (Å²) in [4.78, 5) is 8.17. The molecule has 0 spiro atoms. The molecule has 29 heavy (non-hydrogen) atoms. The molecule has 1 aliphatic rings. The first-order valence-corrected chi connectivity index (χ1v) is 9.70. The number of para-hydroxylation sites is 1. The van der Waals surface area contributed by atoms with Crippen molar-refractivity contribution in [1.29, 1.82) is 0 Å².